The summed E-state index contributed by atoms with van der Waals surface area (Å²) in [4.78, 5) is 11.8. The summed E-state index contributed by atoms with van der Waals surface area (Å²) in [6.45, 7) is 1.84. The van der Waals surface area contributed by atoms with Gasteiger partial charge in [0, 0.05) is 12.5 Å². The maximum Gasteiger partial charge on any atom is 0.251 e. The minimum absolute atomic E-state index is 0.167. The van der Waals surface area contributed by atoms with Gasteiger partial charge in [0.05, 0.1) is 16.6 Å². The lowest BCUT2D eigenvalue weighted by Crippen LogP contribution is -2.22. The number of aryl methyl sites for hydroxylation is 1. The highest BCUT2D eigenvalue weighted by molar-refractivity contribution is 6.42. The van der Waals surface area contributed by atoms with Crippen molar-refractivity contribution in [3.63, 3.8) is 0 Å². The van der Waals surface area contributed by atoms with Gasteiger partial charge in [0.1, 0.15) is 0 Å². The van der Waals surface area contributed by atoms with Gasteiger partial charge in [-0.05, 0) is 18.2 Å². The number of amides is 1. The van der Waals surface area contributed by atoms with Crippen molar-refractivity contribution in [2.45, 2.75) is 13.5 Å². The van der Waals surface area contributed by atoms with Crippen LogP contribution in [0.2, 0.25) is 10.0 Å². The van der Waals surface area contributed by atoms with Gasteiger partial charge < -0.3 is 9.73 Å². The van der Waals surface area contributed by atoms with Crippen LogP contribution in [0, 0.1) is 6.92 Å². The van der Waals surface area contributed by atoms with Gasteiger partial charge in [-0.2, -0.15) is 0 Å². The van der Waals surface area contributed by atoms with Crippen LogP contribution >= 0.6 is 23.2 Å². The van der Waals surface area contributed by atoms with Crippen molar-refractivity contribution < 1.29 is 9.21 Å². The summed E-state index contributed by atoms with van der Waals surface area (Å²) in [7, 11) is 0. The van der Waals surface area contributed by atoms with Gasteiger partial charge in [-0.25, -0.2) is 0 Å². The summed E-state index contributed by atoms with van der Waals surface area (Å²) in [6.07, 6.45) is 0. The molecule has 0 saturated carbocycles. The molecule has 0 saturated heterocycles. The highest BCUT2D eigenvalue weighted by Crippen LogP contribution is 2.22. The number of hydrogen-bond acceptors (Lipinski definition) is 4. The second-order valence-electron chi connectivity index (χ2n) is 3.53. The van der Waals surface area contributed by atoms with Crippen LogP contribution in [-0.2, 0) is 6.54 Å². The molecule has 2 aromatic rings. The number of carbonyl (C=O) groups excluding carboxylic acids is 1. The molecule has 0 spiro atoms. The fourth-order valence-corrected chi connectivity index (χ4v) is 1.60. The SMILES string of the molecule is Cc1nnc(CNC(=O)c2ccc(Cl)c(Cl)c2)o1. The number of nitrogens with one attached hydrogen (secondary N) is 1. The van der Waals surface area contributed by atoms with Crippen molar-refractivity contribution in [1.82, 2.24) is 15.5 Å². The first kappa shape index (κ1) is 12.9. The van der Waals surface area contributed by atoms with Gasteiger partial charge in [-0.3, -0.25) is 4.79 Å². The zero-order valence-electron chi connectivity index (χ0n) is 9.41. The average molecular weight is 286 g/mol. The number of halogens is 2. The molecular weight excluding hydrogens is 277 g/mol. The van der Waals surface area contributed by atoms with Crippen LogP contribution in [0.1, 0.15) is 22.1 Å². The molecule has 1 heterocycles. The fourth-order valence-electron chi connectivity index (χ4n) is 1.30. The van der Waals surface area contributed by atoms with Crippen LogP contribution in [0.15, 0.2) is 22.6 Å². The Morgan fingerprint density at radius 3 is 2.72 bits per heavy atom. The quantitative estimate of drug-likeness (QED) is 0.941. The van der Waals surface area contributed by atoms with Crippen LogP contribution in [0.25, 0.3) is 0 Å². The summed E-state index contributed by atoms with van der Waals surface area (Å²) in [5, 5.41) is 10.8. The molecule has 18 heavy (non-hydrogen) atoms. The molecule has 1 aromatic carbocycles. The molecule has 0 radical (unpaired) electrons. The third-order valence-corrected chi connectivity index (χ3v) is 2.89. The Kier molecular flexibility index (Phi) is 3.84. The third-order valence-electron chi connectivity index (χ3n) is 2.15. The predicted octanol–water partition coefficient (Wildman–Crippen LogP) is 2.61. The van der Waals surface area contributed by atoms with Crippen LogP contribution < -0.4 is 5.32 Å². The number of hydrogen-bond donors (Lipinski definition) is 1. The Hall–Kier alpha value is -1.59. The Balaban J connectivity index is 2.01. The molecule has 0 atom stereocenters. The van der Waals surface area contributed by atoms with E-state index in [-0.39, 0.29) is 12.5 Å². The standard InChI is InChI=1S/C11H9Cl2N3O2/c1-6-15-16-10(18-6)5-14-11(17)7-2-3-8(12)9(13)4-7/h2-4H,5H2,1H3,(H,14,17). The number of nitrogens with zero attached hydrogens (tertiary/aromatic N) is 2. The zero-order chi connectivity index (χ0) is 13.1. The molecule has 1 N–H and O–H groups in total. The van der Waals surface area contributed by atoms with Gasteiger partial charge in [0.25, 0.3) is 5.91 Å². The lowest BCUT2D eigenvalue weighted by Gasteiger charge is -2.03. The highest BCUT2D eigenvalue weighted by atomic mass is 35.5. The molecule has 0 bridgehead atoms. The topological polar surface area (TPSA) is 68.0 Å². The Morgan fingerprint density at radius 1 is 1.33 bits per heavy atom. The summed E-state index contributed by atoms with van der Waals surface area (Å²) >= 11 is 11.6. The molecule has 7 heteroatoms. The third kappa shape index (κ3) is 3.00. The predicted molar refractivity (Wildman–Crippen MR) is 66.7 cm³/mol. The fraction of sp³-hybridized carbons (Fsp3) is 0.182. The van der Waals surface area contributed by atoms with E-state index in [1.165, 1.54) is 6.07 Å². The molecule has 0 aliphatic carbocycles. The largest absolute Gasteiger partial charge is 0.424 e. The first-order chi connectivity index (χ1) is 8.56. The maximum atomic E-state index is 11.8. The molecule has 1 amide bonds. The van der Waals surface area contributed by atoms with Gasteiger partial charge in [-0.15, -0.1) is 10.2 Å². The molecule has 2 rings (SSSR count). The Bertz CT molecular complexity index is 583. The summed E-state index contributed by atoms with van der Waals surface area (Å²) in [5.74, 6) is 0.513. The van der Waals surface area contributed by atoms with Crippen LogP contribution in [-0.4, -0.2) is 16.1 Å². The number of aromatic nitrogens is 2. The first-order valence-corrected chi connectivity index (χ1v) is 5.84. The number of rotatable bonds is 3. The van der Waals surface area contributed by atoms with Crippen molar-refractivity contribution in [3.05, 3.63) is 45.6 Å². The molecule has 1 aromatic heterocycles. The van der Waals surface area contributed by atoms with E-state index < -0.39 is 0 Å². The Morgan fingerprint density at radius 2 is 2.11 bits per heavy atom. The lowest BCUT2D eigenvalue weighted by molar-refractivity contribution is 0.0947. The van der Waals surface area contributed by atoms with Gasteiger partial charge >= 0.3 is 0 Å². The average Bonchev–Trinajstić information content (AvgIpc) is 2.75. The van der Waals surface area contributed by atoms with Crippen LogP contribution in [0.4, 0.5) is 0 Å². The maximum absolute atomic E-state index is 11.8. The minimum Gasteiger partial charge on any atom is -0.424 e. The molecule has 5 nitrogen and oxygen atoms in total. The van der Waals surface area contributed by atoms with Crippen LogP contribution in [0.5, 0.6) is 0 Å². The molecule has 0 aliphatic heterocycles. The van der Waals surface area contributed by atoms with E-state index in [0.717, 1.165) is 0 Å². The van der Waals surface area contributed by atoms with Gasteiger partial charge in [-0.1, -0.05) is 23.2 Å². The first-order valence-electron chi connectivity index (χ1n) is 5.08. The number of carbonyl (C=O) groups is 1. The van der Waals surface area contributed by atoms with E-state index in [2.05, 4.69) is 15.5 Å². The van der Waals surface area contributed by atoms with E-state index in [1.807, 2.05) is 0 Å². The van der Waals surface area contributed by atoms with E-state index in [1.54, 1.807) is 19.1 Å². The van der Waals surface area contributed by atoms with Gasteiger partial charge in [0.15, 0.2) is 0 Å². The summed E-state index contributed by atoms with van der Waals surface area (Å²) in [6, 6.07) is 4.65. The van der Waals surface area contributed by atoms with Crippen molar-refractivity contribution in [2.24, 2.45) is 0 Å². The molecule has 0 aliphatic rings. The summed E-state index contributed by atoms with van der Waals surface area (Å²) < 4.78 is 5.13. The highest BCUT2D eigenvalue weighted by Gasteiger charge is 2.09. The molecular formula is C11H9Cl2N3O2. The van der Waals surface area contributed by atoms with E-state index in [4.69, 9.17) is 27.6 Å². The number of benzene rings is 1. The van der Waals surface area contributed by atoms with Crippen molar-refractivity contribution in [2.75, 3.05) is 0 Å². The van der Waals surface area contributed by atoms with Crippen LogP contribution in [0.3, 0.4) is 0 Å². The Labute approximate surface area is 113 Å². The molecule has 94 valence electrons. The van der Waals surface area contributed by atoms with E-state index >= 15 is 0 Å². The second kappa shape index (κ2) is 5.37. The van der Waals surface area contributed by atoms with E-state index in [9.17, 15) is 4.79 Å². The minimum atomic E-state index is -0.288. The second-order valence-corrected chi connectivity index (χ2v) is 4.34. The van der Waals surface area contributed by atoms with Gasteiger partial charge in [0.2, 0.25) is 11.8 Å². The van der Waals surface area contributed by atoms with Crippen molar-refractivity contribution in [1.29, 1.82) is 0 Å². The molecule has 0 fully saturated rings. The van der Waals surface area contributed by atoms with Crippen molar-refractivity contribution in [3.8, 4) is 0 Å². The lowest BCUT2D eigenvalue weighted by atomic mass is 10.2. The molecule has 0 unspecified atom stereocenters. The van der Waals surface area contributed by atoms with Crippen molar-refractivity contribution >= 4 is 29.1 Å². The monoisotopic (exact) mass is 285 g/mol. The smallest absolute Gasteiger partial charge is 0.251 e. The summed E-state index contributed by atoms with van der Waals surface area (Å²) in [5.41, 5.74) is 0.417. The normalized spacial score (nSPS) is 10.4. The zero-order valence-corrected chi connectivity index (χ0v) is 10.9. The van der Waals surface area contributed by atoms with E-state index in [0.29, 0.717) is 27.4 Å².